The smallest absolute Gasteiger partial charge is 0.344 e. The van der Waals surface area contributed by atoms with Gasteiger partial charge in [0.05, 0.1) is 31.0 Å². The molecule has 0 bridgehead atoms. The molecule has 0 aromatic rings. The lowest BCUT2D eigenvalue weighted by atomic mass is 9.72. The Hall–Kier alpha value is -2.42. The summed E-state index contributed by atoms with van der Waals surface area (Å²) in [6, 6.07) is -3.28. The van der Waals surface area contributed by atoms with Crippen molar-refractivity contribution in [3.05, 3.63) is 0 Å². The van der Waals surface area contributed by atoms with Crippen LogP contribution in [0.2, 0.25) is 0 Å². The summed E-state index contributed by atoms with van der Waals surface area (Å²) >= 11 is 0. The van der Waals surface area contributed by atoms with Gasteiger partial charge in [-0.05, 0) is 47.3 Å². The van der Waals surface area contributed by atoms with E-state index < -0.39 is 82.7 Å². The van der Waals surface area contributed by atoms with E-state index in [1.54, 1.807) is 20.8 Å². The molecule has 0 saturated heterocycles. The summed E-state index contributed by atoms with van der Waals surface area (Å²) in [6.45, 7) is 7.26. The molecule has 0 rings (SSSR count). The largest absolute Gasteiger partial charge is 0.479 e. The zero-order valence-corrected chi connectivity index (χ0v) is 24.1. The number of hydrogen-bond donors (Lipinski definition) is 7. The molecule has 0 spiro atoms. The molecule has 224 valence electrons. The number of carboxylic acid groups (broad SMARTS) is 1. The van der Waals surface area contributed by atoms with Crippen LogP contribution in [0.1, 0.15) is 66.7 Å². The van der Waals surface area contributed by atoms with Gasteiger partial charge in [-0.25, -0.2) is 4.79 Å². The highest BCUT2D eigenvalue weighted by atomic mass is 16.4. The van der Waals surface area contributed by atoms with Gasteiger partial charge in [0.1, 0.15) is 0 Å². The van der Waals surface area contributed by atoms with Gasteiger partial charge >= 0.3 is 5.97 Å². The minimum atomic E-state index is -3.61. The Labute approximate surface area is 229 Å². The molecule has 7 N–H and O–H groups in total. The van der Waals surface area contributed by atoms with Gasteiger partial charge in [-0.1, -0.05) is 33.6 Å². The first kappa shape index (κ1) is 36.6. The third kappa shape index (κ3) is 8.05. The maximum absolute atomic E-state index is 13.6. The van der Waals surface area contributed by atoms with Gasteiger partial charge in [0.15, 0.2) is 34.3 Å². The van der Waals surface area contributed by atoms with Crippen molar-refractivity contribution >= 4 is 34.9 Å². The minimum Gasteiger partial charge on any atom is -0.479 e. The van der Waals surface area contributed by atoms with Gasteiger partial charge in [0, 0.05) is 0 Å². The molecule has 4 unspecified atom stereocenters. The standard InChI is InChI=1S/C26H45N3O10/c1-9-11-16(28-7)21(33)24(5,37)18(31)13-25(38,20(32)15(4)27-6)22(34)26(39,23(35)36)12-17(30)19(29-8)14(3)10-2/h14-16,19,27-29,37-39H,9-13H2,1-8H3,(H,35,36)/t14?,15-,16-,19+,24?,25?,26?/m1/s1. The Morgan fingerprint density at radius 1 is 0.795 bits per heavy atom. The number of ketones is 5. The molecular formula is C26H45N3O10. The highest BCUT2D eigenvalue weighted by molar-refractivity contribution is 6.25. The topological polar surface area (TPSA) is 219 Å². The van der Waals surface area contributed by atoms with E-state index >= 15 is 0 Å². The zero-order valence-electron chi connectivity index (χ0n) is 24.1. The number of likely N-dealkylation sites (N-methyl/N-ethyl adjacent to an activating group) is 3. The van der Waals surface area contributed by atoms with Gasteiger partial charge in [0.2, 0.25) is 11.4 Å². The Kier molecular flexibility index (Phi) is 13.9. The number of carbonyl (C=O) groups is 6. The first-order valence-corrected chi connectivity index (χ1v) is 13.0. The summed E-state index contributed by atoms with van der Waals surface area (Å²) in [4.78, 5) is 78.0. The van der Waals surface area contributed by atoms with Crippen LogP contribution < -0.4 is 16.0 Å². The lowest BCUT2D eigenvalue weighted by Crippen LogP contribution is -2.66. The van der Waals surface area contributed by atoms with Crippen molar-refractivity contribution in [2.75, 3.05) is 21.1 Å². The Bertz CT molecular complexity index is 937. The van der Waals surface area contributed by atoms with Gasteiger partial charge in [0.25, 0.3) is 0 Å². The number of carboxylic acids is 1. The van der Waals surface area contributed by atoms with Crippen LogP contribution in [0.3, 0.4) is 0 Å². The number of aliphatic carboxylic acids is 1. The summed E-state index contributed by atoms with van der Waals surface area (Å²) < 4.78 is 0. The second-order valence-corrected chi connectivity index (χ2v) is 10.2. The van der Waals surface area contributed by atoms with Crippen molar-refractivity contribution in [3.63, 3.8) is 0 Å². The SMILES string of the molecule is CCC[C@@H](NC)C(=O)C(C)(O)C(=O)CC(O)(C(=O)[C@@H](C)NC)C(=O)C(O)(CC(=O)[C@@H](NC)C(C)CC)C(=O)O. The number of nitrogens with one attached hydrogen (secondary N) is 3. The predicted octanol–water partition coefficient (Wildman–Crippen LogP) is -1.46. The van der Waals surface area contributed by atoms with Crippen LogP contribution in [0.4, 0.5) is 0 Å². The van der Waals surface area contributed by atoms with Crippen LogP contribution in [0, 0.1) is 5.92 Å². The molecule has 0 radical (unpaired) electrons. The van der Waals surface area contributed by atoms with E-state index in [-0.39, 0.29) is 12.3 Å². The Balaban J connectivity index is 6.74. The number of Topliss-reactive ketones (excluding diaryl/α,β-unsaturated/α-hetero) is 5. The first-order valence-electron chi connectivity index (χ1n) is 13.0. The molecule has 0 aromatic heterocycles. The number of carbonyl (C=O) groups excluding carboxylic acids is 5. The number of rotatable bonds is 20. The molecule has 0 heterocycles. The molecule has 0 saturated carbocycles. The van der Waals surface area contributed by atoms with Crippen molar-refractivity contribution in [2.24, 2.45) is 5.92 Å². The van der Waals surface area contributed by atoms with Crippen LogP contribution in [0.25, 0.3) is 0 Å². The van der Waals surface area contributed by atoms with Crippen LogP contribution in [0.15, 0.2) is 0 Å². The zero-order chi connectivity index (χ0) is 30.9. The number of hydrogen-bond acceptors (Lipinski definition) is 12. The fourth-order valence-electron chi connectivity index (χ4n) is 4.30. The molecule has 13 nitrogen and oxygen atoms in total. The molecule has 0 aliphatic heterocycles. The highest BCUT2D eigenvalue weighted by Crippen LogP contribution is 2.30. The van der Waals surface area contributed by atoms with E-state index in [9.17, 15) is 49.2 Å². The maximum atomic E-state index is 13.6. The number of aliphatic hydroxyl groups is 3. The predicted molar refractivity (Wildman–Crippen MR) is 141 cm³/mol. The monoisotopic (exact) mass is 559 g/mol. The van der Waals surface area contributed by atoms with E-state index in [2.05, 4.69) is 16.0 Å². The molecule has 7 atom stereocenters. The summed E-state index contributed by atoms with van der Waals surface area (Å²) in [6.07, 6.45) is -1.61. The molecule has 39 heavy (non-hydrogen) atoms. The van der Waals surface area contributed by atoms with E-state index in [4.69, 9.17) is 0 Å². The summed E-state index contributed by atoms with van der Waals surface area (Å²) in [5, 5.41) is 50.8. The minimum absolute atomic E-state index is 0.237. The average Bonchev–Trinajstić information content (AvgIpc) is 2.89. The second kappa shape index (κ2) is 14.8. The summed E-state index contributed by atoms with van der Waals surface area (Å²) in [5.74, 6) is -9.31. The van der Waals surface area contributed by atoms with Crippen molar-refractivity contribution in [1.82, 2.24) is 16.0 Å². The molecule has 0 aromatic carbocycles. The van der Waals surface area contributed by atoms with Crippen molar-refractivity contribution < 1.29 is 49.2 Å². The van der Waals surface area contributed by atoms with Gasteiger partial charge < -0.3 is 36.4 Å². The first-order chi connectivity index (χ1) is 17.9. The maximum Gasteiger partial charge on any atom is 0.344 e. The van der Waals surface area contributed by atoms with Crippen molar-refractivity contribution in [3.8, 4) is 0 Å². The van der Waals surface area contributed by atoms with E-state index in [1.807, 2.05) is 0 Å². The third-order valence-corrected chi connectivity index (χ3v) is 7.32. The van der Waals surface area contributed by atoms with Gasteiger partial charge in [-0.2, -0.15) is 0 Å². The average molecular weight is 560 g/mol. The Morgan fingerprint density at radius 2 is 1.33 bits per heavy atom. The van der Waals surface area contributed by atoms with Crippen LogP contribution >= 0.6 is 0 Å². The molecule has 0 fully saturated rings. The van der Waals surface area contributed by atoms with Crippen molar-refractivity contribution in [1.29, 1.82) is 0 Å². The highest BCUT2D eigenvalue weighted by Gasteiger charge is 2.61. The van der Waals surface area contributed by atoms with Gasteiger partial charge in [-0.3, -0.25) is 24.0 Å². The fraction of sp³-hybridized carbons (Fsp3) is 0.769. The van der Waals surface area contributed by atoms with Gasteiger partial charge in [-0.15, -0.1) is 0 Å². The van der Waals surface area contributed by atoms with E-state index in [0.29, 0.717) is 12.8 Å². The summed E-state index contributed by atoms with van der Waals surface area (Å²) in [5.41, 5.74) is -9.91. The summed E-state index contributed by atoms with van der Waals surface area (Å²) in [7, 11) is 4.14. The van der Waals surface area contributed by atoms with Crippen molar-refractivity contribution in [2.45, 2.75) is 102 Å². The van der Waals surface area contributed by atoms with Crippen LogP contribution in [-0.2, 0) is 28.8 Å². The third-order valence-electron chi connectivity index (χ3n) is 7.32. The van der Waals surface area contributed by atoms with Crippen LogP contribution in [-0.4, -0.2) is 111 Å². The Morgan fingerprint density at radius 3 is 1.72 bits per heavy atom. The molecular weight excluding hydrogens is 514 g/mol. The molecule has 0 amide bonds. The molecule has 13 heteroatoms. The normalized spacial score (nSPS) is 19.4. The van der Waals surface area contributed by atoms with E-state index in [1.165, 1.54) is 28.1 Å². The molecule has 0 aliphatic carbocycles. The second-order valence-electron chi connectivity index (χ2n) is 10.2. The molecule has 0 aliphatic rings. The van der Waals surface area contributed by atoms with E-state index in [0.717, 1.165) is 6.92 Å². The van der Waals surface area contributed by atoms with Crippen LogP contribution in [0.5, 0.6) is 0 Å². The lowest BCUT2D eigenvalue weighted by Gasteiger charge is -2.35. The quantitative estimate of drug-likeness (QED) is 0.0849. The fourth-order valence-corrected chi connectivity index (χ4v) is 4.30. The lowest BCUT2D eigenvalue weighted by molar-refractivity contribution is -0.181.